The zero-order valence-corrected chi connectivity index (χ0v) is 16.1. The van der Waals surface area contributed by atoms with Crippen molar-refractivity contribution in [1.29, 1.82) is 0 Å². The Morgan fingerprint density at radius 2 is 2.19 bits per heavy atom. The summed E-state index contributed by atoms with van der Waals surface area (Å²) in [5, 5.41) is 13.1. The Bertz CT molecular complexity index is 761. The van der Waals surface area contributed by atoms with Crippen molar-refractivity contribution in [2.75, 3.05) is 27.2 Å². The zero-order valence-electron chi connectivity index (χ0n) is 15.3. The van der Waals surface area contributed by atoms with E-state index < -0.39 is 0 Å². The summed E-state index contributed by atoms with van der Waals surface area (Å²) < 4.78 is 7.79. The minimum Gasteiger partial charge on any atom is -0.455 e. The van der Waals surface area contributed by atoms with Crippen LogP contribution in [-0.4, -0.2) is 52.8 Å². The molecule has 2 aromatic rings. The molecule has 3 heterocycles. The molecule has 2 aromatic heterocycles. The zero-order chi connectivity index (χ0) is 18.5. The summed E-state index contributed by atoms with van der Waals surface area (Å²) in [6.07, 6.45) is 4.03. The normalized spacial score (nSPS) is 15.2. The number of nitrogens with zero attached hydrogens (tertiary/aromatic N) is 4. The molecule has 0 aromatic carbocycles. The van der Waals surface area contributed by atoms with Crippen molar-refractivity contribution >= 4 is 17.7 Å². The maximum Gasteiger partial charge on any atom is 0.289 e. The Hall–Kier alpha value is -2.06. The predicted molar refractivity (Wildman–Crippen MR) is 101 cm³/mol. The molecule has 140 valence electrons. The van der Waals surface area contributed by atoms with E-state index in [1.54, 1.807) is 31.9 Å². The van der Waals surface area contributed by atoms with Gasteiger partial charge in [-0.05, 0) is 38.1 Å². The first-order chi connectivity index (χ1) is 12.6. The number of nitrogens with one attached hydrogen (secondary N) is 1. The lowest BCUT2D eigenvalue weighted by molar-refractivity contribution is 0.0795. The second kappa shape index (κ2) is 8.55. The molecule has 0 bridgehead atoms. The van der Waals surface area contributed by atoms with Crippen LogP contribution in [0, 0.1) is 0 Å². The Morgan fingerprint density at radius 3 is 2.88 bits per heavy atom. The number of hydrogen-bond acceptors (Lipinski definition) is 6. The molecular formula is C18H25N5O2S. The minimum atomic E-state index is -0.135. The van der Waals surface area contributed by atoms with E-state index >= 15 is 0 Å². The fourth-order valence-corrected chi connectivity index (χ4v) is 3.87. The fraction of sp³-hybridized carbons (Fsp3) is 0.500. The highest BCUT2D eigenvalue weighted by atomic mass is 32.2. The van der Waals surface area contributed by atoms with E-state index in [-0.39, 0.29) is 5.91 Å². The van der Waals surface area contributed by atoms with Crippen LogP contribution in [0.2, 0.25) is 0 Å². The number of carbonyl (C=O) groups is 1. The second-order valence-corrected chi connectivity index (χ2v) is 7.46. The molecule has 1 aliphatic rings. The molecule has 3 rings (SSSR count). The van der Waals surface area contributed by atoms with E-state index in [9.17, 15) is 4.79 Å². The van der Waals surface area contributed by atoms with Crippen molar-refractivity contribution in [3.05, 3.63) is 42.1 Å². The Balaban J connectivity index is 1.70. The third-order valence-corrected chi connectivity index (χ3v) is 5.37. The molecule has 1 aliphatic heterocycles. The van der Waals surface area contributed by atoms with Crippen molar-refractivity contribution in [3.8, 4) is 0 Å². The van der Waals surface area contributed by atoms with Gasteiger partial charge >= 0.3 is 0 Å². The summed E-state index contributed by atoms with van der Waals surface area (Å²) in [7, 11) is 3.42. The lowest BCUT2D eigenvalue weighted by atomic mass is 9.97. The summed E-state index contributed by atoms with van der Waals surface area (Å²) >= 11 is 1.57. The summed E-state index contributed by atoms with van der Waals surface area (Å²) in [5.74, 6) is 3.04. The first kappa shape index (κ1) is 18.7. The summed E-state index contributed by atoms with van der Waals surface area (Å²) in [6.45, 7) is 6.59. The van der Waals surface area contributed by atoms with E-state index in [2.05, 4.69) is 26.7 Å². The quantitative estimate of drug-likeness (QED) is 0.592. The van der Waals surface area contributed by atoms with Crippen LogP contribution in [-0.2, 0) is 12.3 Å². The highest BCUT2D eigenvalue weighted by molar-refractivity contribution is 7.98. The van der Waals surface area contributed by atoms with Gasteiger partial charge in [-0.2, -0.15) is 0 Å². The number of allylic oxidation sites excluding steroid dienone is 1. The van der Waals surface area contributed by atoms with Gasteiger partial charge in [-0.3, -0.25) is 4.79 Å². The standard InChI is InChI=1S/C18H25N5O2S/c1-4-11-23-16(13-7-9-19-10-8-13)20-21-18(23)26-12-14-5-6-15(25-14)17(24)22(2)3/h4-6,13,19H,1,7-12H2,2-3H3. The van der Waals surface area contributed by atoms with Crippen LogP contribution in [0.4, 0.5) is 0 Å². The second-order valence-electron chi connectivity index (χ2n) is 6.52. The molecule has 1 N–H and O–H groups in total. The summed E-state index contributed by atoms with van der Waals surface area (Å²) in [5.41, 5.74) is 0. The van der Waals surface area contributed by atoms with E-state index in [1.807, 2.05) is 12.1 Å². The molecule has 1 saturated heterocycles. The van der Waals surface area contributed by atoms with Crippen LogP contribution in [0.1, 0.15) is 40.9 Å². The van der Waals surface area contributed by atoms with Gasteiger partial charge in [-0.1, -0.05) is 17.8 Å². The highest BCUT2D eigenvalue weighted by Gasteiger charge is 2.23. The summed E-state index contributed by atoms with van der Waals surface area (Å²) in [4.78, 5) is 13.4. The average molecular weight is 375 g/mol. The van der Waals surface area contributed by atoms with E-state index in [1.165, 1.54) is 4.90 Å². The first-order valence-corrected chi connectivity index (χ1v) is 9.76. The molecule has 0 atom stereocenters. The van der Waals surface area contributed by atoms with Gasteiger partial charge in [0, 0.05) is 26.6 Å². The topological polar surface area (TPSA) is 76.2 Å². The third-order valence-electron chi connectivity index (χ3n) is 4.38. The van der Waals surface area contributed by atoms with Crippen LogP contribution in [0.15, 0.2) is 34.4 Å². The molecule has 0 saturated carbocycles. The molecular weight excluding hydrogens is 350 g/mol. The van der Waals surface area contributed by atoms with Gasteiger partial charge in [-0.25, -0.2) is 0 Å². The van der Waals surface area contributed by atoms with Crippen molar-refractivity contribution < 1.29 is 9.21 Å². The maximum absolute atomic E-state index is 11.9. The molecule has 1 amide bonds. The largest absolute Gasteiger partial charge is 0.455 e. The third kappa shape index (κ3) is 4.19. The van der Waals surface area contributed by atoms with Crippen LogP contribution < -0.4 is 5.32 Å². The van der Waals surface area contributed by atoms with Crippen molar-refractivity contribution in [2.45, 2.75) is 36.2 Å². The van der Waals surface area contributed by atoms with Crippen LogP contribution in [0.3, 0.4) is 0 Å². The lowest BCUT2D eigenvalue weighted by Crippen LogP contribution is -2.28. The Labute approximate surface area is 157 Å². The highest BCUT2D eigenvalue weighted by Crippen LogP contribution is 2.29. The average Bonchev–Trinajstić information content (AvgIpc) is 3.27. The Morgan fingerprint density at radius 1 is 1.42 bits per heavy atom. The van der Waals surface area contributed by atoms with Crippen LogP contribution in [0.5, 0.6) is 0 Å². The van der Waals surface area contributed by atoms with Crippen LogP contribution >= 0.6 is 11.8 Å². The molecule has 7 nitrogen and oxygen atoms in total. The number of rotatable bonds is 7. The number of thioether (sulfide) groups is 1. The Kier molecular flexibility index (Phi) is 6.16. The van der Waals surface area contributed by atoms with E-state index in [0.717, 1.165) is 42.7 Å². The maximum atomic E-state index is 11.9. The first-order valence-electron chi connectivity index (χ1n) is 8.78. The smallest absolute Gasteiger partial charge is 0.289 e. The summed E-state index contributed by atoms with van der Waals surface area (Å²) in [6, 6.07) is 3.55. The number of furan rings is 1. The van der Waals surface area contributed by atoms with Crippen molar-refractivity contribution in [1.82, 2.24) is 25.0 Å². The number of aromatic nitrogens is 3. The number of amides is 1. The molecule has 1 fully saturated rings. The molecule has 0 spiro atoms. The minimum absolute atomic E-state index is 0.135. The van der Waals surface area contributed by atoms with Gasteiger partial charge in [0.1, 0.15) is 11.6 Å². The van der Waals surface area contributed by atoms with E-state index in [0.29, 0.717) is 24.0 Å². The number of piperidine rings is 1. The monoisotopic (exact) mass is 375 g/mol. The van der Waals surface area contributed by atoms with Gasteiger partial charge in [0.15, 0.2) is 10.9 Å². The van der Waals surface area contributed by atoms with Gasteiger partial charge in [-0.15, -0.1) is 16.8 Å². The molecule has 0 radical (unpaired) electrons. The van der Waals surface area contributed by atoms with Crippen molar-refractivity contribution in [3.63, 3.8) is 0 Å². The lowest BCUT2D eigenvalue weighted by Gasteiger charge is -2.22. The molecule has 0 unspecified atom stereocenters. The molecule has 0 aliphatic carbocycles. The number of carbonyl (C=O) groups excluding carboxylic acids is 1. The predicted octanol–water partition coefficient (Wildman–Crippen LogP) is 2.52. The van der Waals surface area contributed by atoms with Crippen molar-refractivity contribution in [2.24, 2.45) is 0 Å². The van der Waals surface area contributed by atoms with Gasteiger partial charge in [0.05, 0.1) is 5.75 Å². The molecule has 26 heavy (non-hydrogen) atoms. The van der Waals surface area contributed by atoms with Gasteiger partial charge in [0.2, 0.25) is 0 Å². The van der Waals surface area contributed by atoms with Gasteiger partial charge in [0.25, 0.3) is 5.91 Å². The van der Waals surface area contributed by atoms with E-state index in [4.69, 9.17) is 4.42 Å². The number of hydrogen-bond donors (Lipinski definition) is 1. The van der Waals surface area contributed by atoms with Gasteiger partial charge < -0.3 is 19.2 Å². The SMILES string of the molecule is C=CCn1c(SCc2ccc(C(=O)N(C)C)o2)nnc1C1CCNCC1. The molecule has 8 heteroatoms. The fourth-order valence-electron chi connectivity index (χ4n) is 3.02. The van der Waals surface area contributed by atoms with Crippen LogP contribution in [0.25, 0.3) is 0 Å².